The normalized spacial score (nSPS) is 10.2. The highest BCUT2D eigenvalue weighted by Gasteiger charge is 2.12. The third-order valence-electron chi connectivity index (χ3n) is 3.68. The Hall–Kier alpha value is -3.48. The first-order valence-corrected chi connectivity index (χ1v) is 8.06. The van der Waals surface area contributed by atoms with Crippen LogP contribution < -0.4 is 15.4 Å². The third-order valence-corrected chi connectivity index (χ3v) is 3.68. The maximum Gasteiger partial charge on any atom is 0.275 e. The highest BCUT2D eigenvalue weighted by Crippen LogP contribution is 2.25. The van der Waals surface area contributed by atoms with Gasteiger partial charge in [0.2, 0.25) is 0 Å². The SMILES string of the molecule is COc1ccc(C)cc1NC(=O)c1cnc(NCc2cccnc2)cn1. The van der Waals surface area contributed by atoms with Gasteiger partial charge in [0, 0.05) is 18.9 Å². The molecule has 0 saturated carbocycles. The molecule has 2 N–H and O–H groups in total. The average Bonchev–Trinajstić information content (AvgIpc) is 2.68. The van der Waals surface area contributed by atoms with E-state index in [1.165, 1.54) is 12.4 Å². The number of pyridine rings is 1. The number of carbonyl (C=O) groups is 1. The molecular weight excluding hydrogens is 330 g/mol. The van der Waals surface area contributed by atoms with Crippen LogP contribution in [0.5, 0.6) is 5.75 Å². The number of hydrogen-bond donors (Lipinski definition) is 2. The summed E-state index contributed by atoms with van der Waals surface area (Å²) in [5.41, 5.74) is 2.86. The van der Waals surface area contributed by atoms with Crippen molar-refractivity contribution >= 4 is 17.4 Å². The number of carbonyl (C=O) groups excluding carboxylic acids is 1. The lowest BCUT2D eigenvalue weighted by molar-refractivity contribution is 0.102. The van der Waals surface area contributed by atoms with Gasteiger partial charge in [0.25, 0.3) is 5.91 Å². The first-order chi connectivity index (χ1) is 12.7. The van der Waals surface area contributed by atoms with Crippen LogP contribution in [-0.2, 0) is 6.54 Å². The molecule has 3 aromatic rings. The second kappa shape index (κ2) is 8.06. The second-order valence-electron chi connectivity index (χ2n) is 5.66. The molecule has 0 atom stereocenters. The predicted octanol–water partition coefficient (Wildman–Crippen LogP) is 3.05. The first kappa shape index (κ1) is 17.3. The summed E-state index contributed by atoms with van der Waals surface area (Å²) < 4.78 is 5.26. The van der Waals surface area contributed by atoms with Gasteiger partial charge in [-0.3, -0.25) is 9.78 Å². The monoisotopic (exact) mass is 349 g/mol. The predicted molar refractivity (Wildman–Crippen MR) is 99.3 cm³/mol. The number of benzene rings is 1. The van der Waals surface area contributed by atoms with Crippen molar-refractivity contribution in [3.05, 3.63) is 71.9 Å². The van der Waals surface area contributed by atoms with E-state index in [-0.39, 0.29) is 11.6 Å². The third kappa shape index (κ3) is 4.32. The number of aromatic nitrogens is 3. The van der Waals surface area contributed by atoms with Crippen molar-refractivity contribution < 1.29 is 9.53 Å². The van der Waals surface area contributed by atoms with Crippen molar-refractivity contribution in [3.63, 3.8) is 0 Å². The molecule has 0 aliphatic carbocycles. The number of anilines is 2. The van der Waals surface area contributed by atoms with Crippen molar-refractivity contribution in [1.82, 2.24) is 15.0 Å². The zero-order valence-electron chi connectivity index (χ0n) is 14.6. The largest absolute Gasteiger partial charge is 0.495 e. The van der Waals surface area contributed by atoms with Crippen LogP contribution in [0.15, 0.2) is 55.1 Å². The molecule has 0 aliphatic rings. The average molecular weight is 349 g/mol. The number of ether oxygens (including phenoxy) is 1. The molecule has 132 valence electrons. The fourth-order valence-corrected chi connectivity index (χ4v) is 2.34. The van der Waals surface area contributed by atoms with Crippen LogP contribution in [0.1, 0.15) is 21.6 Å². The fourth-order valence-electron chi connectivity index (χ4n) is 2.34. The van der Waals surface area contributed by atoms with Crippen LogP contribution >= 0.6 is 0 Å². The summed E-state index contributed by atoms with van der Waals surface area (Å²) in [5.74, 6) is 0.824. The van der Waals surface area contributed by atoms with Gasteiger partial charge in [0.1, 0.15) is 17.3 Å². The minimum Gasteiger partial charge on any atom is -0.495 e. The van der Waals surface area contributed by atoms with Crippen LogP contribution in [0.25, 0.3) is 0 Å². The van der Waals surface area contributed by atoms with Gasteiger partial charge in [-0.15, -0.1) is 0 Å². The molecule has 1 amide bonds. The number of hydrogen-bond acceptors (Lipinski definition) is 6. The zero-order chi connectivity index (χ0) is 18.4. The van der Waals surface area contributed by atoms with Crippen molar-refractivity contribution in [3.8, 4) is 5.75 Å². The maximum absolute atomic E-state index is 12.4. The van der Waals surface area contributed by atoms with Crippen molar-refractivity contribution in [1.29, 1.82) is 0 Å². The van der Waals surface area contributed by atoms with Crippen LogP contribution in [0.2, 0.25) is 0 Å². The lowest BCUT2D eigenvalue weighted by Gasteiger charge is -2.11. The molecule has 7 heteroatoms. The Morgan fingerprint density at radius 1 is 1.15 bits per heavy atom. The van der Waals surface area contributed by atoms with Crippen molar-refractivity contribution in [2.24, 2.45) is 0 Å². The Morgan fingerprint density at radius 2 is 2.04 bits per heavy atom. The molecular formula is C19H19N5O2. The molecule has 0 unspecified atom stereocenters. The van der Waals surface area contributed by atoms with Crippen LogP contribution in [-0.4, -0.2) is 28.0 Å². The molecule has 1 aromatic carbocycles. The number of rotatable bonds is 6. The van der Waals surface area contributed by atoms with E-state index in [0.717, 1.165) is 11.1 Å². The van der Waals surface area contributed by atoms with E-state index in [2.05, 4.69) is 25.6 Å². The Bertz CT molecular complexity index is 882. The first-order valence-electron chi connectivity index (χ1n) is 8.06. The number of methoxy groups -OCH3 is 1. The molecule has 2 heterocycles. The standard InChI is InChI=1S/C19H19N5O2/c1-13-5-6-17(26-2)15(8-13)24-19(25)16-11-23-18(12-21-16)22-10-14-4-3-7-20-9-14/h3-9,11-12H,10H2,1-2H3,(H,22,23)(H,24,25). The van der Waals surface area contributed by atoms with Gasteiger partial charge in [0.15, 0.2) is 0 Å². The summed E-state index contributed by atoms with van der Waals surface area (Å²) in [7, 11) is 1.56. The fraction of sp³-hybridized carbons (Fsp3) is 0.158. The van der Waals surface area contributed by atoms with E-state index < -0.39 is 0 Å². The van der Waals surface area contributed by atoms with Crippen LogP contribution in [0.3, 0.4) is 0 Å². The van der Waals surface area contributed by atoms with Gasteiger partial charge in [-0.2, -0.15) is 0 Å². The number of aryl methyl sites for hydroxylation is 1. The Kier molecular flexibility index (Phi) is 5.38. The lowest BCUT2D eigenvalue weighted by Crippen LogP contribution is -2.15. The van der Waals surface area contributed by atoms with Gasteiger partial charge in [0.05, 0.1) is 25.2 Å². The van der Waals surface area contributed by atoms with Gasteiger partial charge in [-0.25, -0.2) is 9.97 Å². The molecule has 0 aliphatic heterocycles. The van der Waals surface area contributed by atoms with E-state index in [1.807, 2.05) is 37.3 Å². The minimum absolute atomic E-state index is 0.223. The molecule has 2 aromatic heterocycles. The quantitative estimate of drug-likeness (QED) is 0.711. The molecule has 0 fully saturated rings. The van der Waals surface area contributed by atoms with Crippen molar-refractivity contribution in [2.75, 3.05) is 17.7 Å². The van der Waals surface area contributed by atoms with Gasteiger partial charge >= 0.3 is 0 Å². The highest BCUT2D eigenvalue weighted by molar-refractivity contribution is 6.03. The Morgan fingerprint density at radius 3 is 2.73 bits per heavy atom. The van der Waals surface area contributed by atoms with Gasteiger partial charge < -0.3 is 15.4 Å². The topological polar surface area (TPSA) is 89.0 Å². The van der Waals surface area contributed by atoms with E-state index in [4.69, 9.17) is 4.74 Å². The molecule has 0 radical (unpaired) electrons. The Balaban J connectivity index is 1.64. The minimum atomic E-state index is -0.347. The van der Waals surface area contributed by atoms with Gasteiger partial charge in [-0.05, 0) is 36.2 Å². The molecule has 26 heavy (non-hydrogen) atoms. The summed E-state index contributed by atoms with van der Waals surface area (Å²) in [6, 6.07) is 9.40. The summed E-state index contributed by atoms with van der Waals surface area (Å²) in [6.07, 6.45) is 6.46. The molecule has 7 nitrogen and oxygen atoms in total. The summed E-state index contributed by atoms with van der Waals surface area (Å²) in [4.78, 5) is 24.8. The number of nitrogens with zero attached hydrogens (tertiary/aromatic N) is 3. The van der Waals surface area contributed by atoms with E-state index in [1.54, 1.807) is 19.5 Å². The lowest BCUT2D eigenvalue weighted by atomic mass is 10.2. The van der Waals surface area contributed by atoms with E-state index in [0.29, 0.717) is 23.8 Å². The molecule has 3 rings (SSSR count). The second-order valence-corrected chi connectivity index (χ2v) is 5.66. The molecule has 0 saturated heterocycles. The van der Waals surface area contributed by atoms with E-state index in [9.17, 15) is 4.79 Å². The van der Waals surface area contributed by atoms with Crippen LogP contribution in [0, 0.1) is 6.92 Å². The smallest absolute Gasteiger partial charge is 0.275 e. The maximum atomic E-state index is 12.4. The van der Waals surface area contributed by atoms with Gasteiger partial charge in [-0.1, -0.05) is 12.1 Å². The van der Waals surface area contributed by atoms with Crippen LogP contribution in [0.4, 0.5) is 11.5 Å². The zero-order valence-corrected chi connectivity index (χ0v) is 14.6. The number of nitrogens with one attached hydrogen (secondary N) is 2. The summed E-state index contributed by atoms with van der Waals surface area (Å²) >= 11 is 0. The van der Waals surface area contributed by atoms with E-state index >= 15 is 0 Å². The Labute approximate surface area is 151 Å². The molecule has 0 spiro atoms. The molecule has 0 bridgehead atoms. The van der Waals surface area contributed by atoms with Crippen molar-refractivity contribution in [2.45, 2.75) is 13.5 Å². The summed E-state index contributed by atoms with van der Waals surface area (Å²) in [6.45, 7) is 2.52. The number of amides is 1. The highest BCUT2D eigenvalue weighted by atomic mass is 16.5. The summed E-state index contributed by atoms with van der Waals surface area (Å²) in [5, 5.41) is 5.94.